The maximum Gasteiger partial charge on any atom is 0.334 e. The fraction of sp³-hybridized carbons (Fsp3) is 0.800. The van der Waals surface area contributed by atoms with E-state index in [1.54, 1.807) is 0 Å². The van der Waals surface area contributed by atoms with Crippen molar-refractivity contribution in [3.8, 4) is 0 Å². The lowest BCUT2D eigenvalue weighted by atomic mass is 9.77. The first-order valence-corrected chi connectivity index (χ1v) is 7.14. The van der Waals surface area contributed by atoms with Gasteiger partial charge in [-0.25, -0.2) is 4.79 Å². The molecule has 1 saturated carbocycles. The zero-order valence-corrected chi connectivity index (χ0v) is 11.4. The number of rotatable bonds is 4. The summed E-state index contributed by atoms with van der Waals surface area (Å²) in [6.45, 7) is 4.37. The van der Waals surface area contributed by atoms with Gasteiger partial charge in [-0.1, -0.05) is 26.7 Å². The highest BCUT2D eigenvalue weighted by Gasteiger charge is 2.45. The Balaban J connectivity index is 2.16. The van der Waals surface area contributed by atoms with Gasteiger partial charge in [-0.2, -0.15) is 0 Å². The number of carbonyl (C=O) groups is 1. The normalized spacial score (nSPS) is 29.5. The van der Waals surface area contributed by atoms with Crippen molar-refractivity contribution in [3.63, 3.8) is 0 Å². The van der Waals surface area contributed by atoms with Gasteiger partial charge in [0.2, 0.25) is 0 Å². The zero-order valence-electron chi connectivity index (χ0n) is 11.4. The monoisotopic (exact) mass is 252 g/mol. The standard InChI is InChI=1S/C15H24O3/c1-11(2)7-8-15(12-5-3-4-6-12)10-13(16)9-14(17)18-15/h9,11-12,16H,3-8,10H2,1-2H3. The average Bonchev–Trinajstić information content (AvgIpc) is 2.79. The lowest BCUT2D eigenvalue weighted by Crippen LogP contribution is -2.44. The molecule has 0 bridgehead atoms. The van der Waals surface area contributed by atoms with Crippen molar-refractivity contribution >= 4 is 5.97 Å². The molecule has 1 aliphatic carbocycles. The highest BCUT2D eigenvalue weighted by atomic mass is 16.6. The smallest absolute Gasteiger partial charge is 0.334 e. The molecule has 2 rings (SSSR count). The minimum absolute atomic E-state index is 0.196. The molecular weight excluding hydrogens is 228 g/mol. The van der Waals surface area contributed by atoms with Gasteiger partial charge in [0, 0.05) is 6.42 Å². The molecule has 1 N–H and O–H groups in total. The SMILES string of the molecule is CC(C)CCC1(C2CCCC2)CC(O)=CC(=O)O1. The zero-order chi connectivity index (χ0) is 13.2. The molecule has 0 aromatic rings. The fourth-order valence-corrected chi connectivity index (χ4v) is 3.32. The molecule has 0 radical (unpaired) electrons. The summed E-state index contributed by atoms with van der Waals surface area (Å²) < 4.78 is 5.70. The van der Waals surface area contributed by atoms with Crippen molar-refractivity contribution in [3.05, 3.63) is 11.8 Å². The van der Waals surface area contributed by atoms with E-state index in [0.29, 0.717) is 18.3 Å². The quantitative estimate of drug-likeness (QED) is 0.775. The van der Waals surface area contributed by atoms with Crippen LogP contribution in [-0.4, -0.2) is 16.7 Å². The molecule has 0 amide bonds. The number of hydrogen-bond acceptors (Lipinski definition) is 3. The van der Waals surface area contributed by atoms with Gasteiger partial charge in [-0.05, 0) is 37.5 Å². The number of hydrogen-bond donors (Lipinski definition) is 1. The van der Waals surface area contributed by atoms with E-state index in [0.717, 1.165) is 25.7 Å². The third kappa shape index (κ3) is 2.88. The minimum Gasteiger partial charge on any atom is -0.512 e. The van der Waals surface area contributed by atoms with Crippen LogP contribution in [0.15, 0.2) is 11.8 Å². The number of carbonyl (C=O) groups excluding carboxylic acids is 1. The van der Waals surface area contributed by atoms with Crippen molar-refractivity contribution < 1.29 is 14.6 Å². The van der Waals surface area contributed by atoms with Gasteiger partial charge in [0.1, 0.15) is 11.4 Å². The number of aliphatic hydroxyl groups is 1. The molecule has 1 aliphatic heterocycles. The van der Waals surface area contributed by atoms with Crippen LogP contribution in [0.3, 0.4) is 0 Å². The number of aliphatic hydroxyl groups excluding tert-OH is 1. The first-order chi connectivity index (χ1) is 8.52. The lowest BCUT2D eigenvalue weighted by molar-refractivity contribution is -0.166. The van der Waals surface area contributed by atoms with Crippen LogP contribution in [0.4, 0.5) is 0 Å². The first-order valence-electron chi connectivity index (χ1n) is 7.14. The van der Waals surface area contributed by atoms with E-state index < -0.39 is 5.60 Å². The summed E-state index contributed by atoms with van der Waals surface area (Å²) in [5.74, 6) is 0.849. The Kier molecular flexibility index (Phi) is 3.98. The summed E-state index contributed by atoms with van der Waals surface area (Å²) in [5, 5.41) is 9.80. The van der Waals surface area contributed by atoms with Gasteiger partial charge in [-0.3, -0.25) is 0 Å². The Morgan fingerprint density at radius 2 is 2.11 bits per heavy atom. The second-order valence-electron chi connectivity index (χ2n) is 6.21. The van der Waals surface area contributed by atoms with Gasteiger partial charge in [-0.15, -0.1) is 0 Å². The van der Waals surface area contributed by atoms with Gasteiger partial charge in [0.25, 0.3) is 0 Å². The van der Waals surface area contributed by atoms with Crippen molar-refractivity contribution in [2.45, 2.75) is 64.4 Å². The molecule has 0 aromatic heterocycles. The van der Waals surface area contributed by atoms with Crippen LogP contribution in [0, 0.1) is 11.8 Å². The second-order valence-corrected chi connectivity index (χ2v) is 6.21. The van der Waals surface area contributed by atoms with E-state index in [4.69, 9.17) is 4.74 Å². The van der Waals surface area contributed by atoms with E-state index >= 15 is 0 Å². The summed E-state index contributed by atoms with van der Waals surface area (Å²) >= 11 is 0. The van der Waals surface area contributed by atoms with Gasteiger partial charge >= 0.3 is 5.97 Å². The Hall–Kier alpha value is -0.990. The Bertz CT molecular complexity index is 340. The predicted octanol–water partition coefficient (Wildman–Crippen LogP) is 3.74. The largest absolute Gasteiger partial charge is 0.512 e. The Labute approximate surface area is 109 Å². The summed E-state index contributed by atoms with van der Waals surface area (Å²) in [6, 6.07) is 0. The van der Waals surface area contributed by atoms with Gasteiger partial charge in [0.15, 0.2) is 0 Å². The van der Waals surface area contributed by atoms with Crippen molar-refractivity contribution in [2.24, 2.45) is 11.8 Å². The third-order valence-corrected chi connectivity index (χ3v) is 4.31. The molecule has 2 aliphatic rings. The molecule has 3 heteroatoms. The number of cyclic esters (lactones) is 1. The van der Waals surface area contributed by atoms with E-state index in [1.807, 2.05) is 0 Å². The van der Waals surface area contributed by atoms with Crippen molar-refractivity contribution in [1.29, 1.82) is 0 Å². The molecule has 0 aromatic carbocycles. The molecule has 3 nitrogen and oxygen atoms in total. The van der Waals surface area contributed by atoms with Gasteiger partial charge in [0.05, 0.1) is 6.08 Å². The maximum atomic E-state index is 11.6. The van der Waals surface area contributed by atoms with Crippen molar-refractivity contribution in [2.75, 3.05) is 0 Å². The highest BCUT2D eigenvalue weighted by molar-refractivity contribution is 5.83. The molecule has 0 spiro atoms. The van der Waals surface area contributed by atoms with E-state index in [2.05, 4.69) is 13.8 Å². The summed E-state index contributed by atoms with van der Waals surface area (Å²) in [6.07, 6.45) is 8.33. The highest BCUT2D eigenvalue weighted by Crippen LogP contribution is 2.44. The second kappa shape index (κ2) is 5.33. The molecule has 0 saturated heterocycles. The molecule has 1 fully saturated rings. The predicted molar refractivity (Wildman–Crippen MR) is 70.2 cm³/mol. The maximum absolute atomic E-state index is 11.6. The fourth-order valence-electron chi connectivity index (χ4n) is 3.32. The molecular formula is C15H24O3. The summed E-state index contributed by atoms with van der Waals surface area (Å²) in [4.78, 5) is 11.6. The van der Waals surface area contributed by atoms with E-state index in [-0.39, 0.29) is 11.7 Å². The van der Waals surface area contributed by atoms with Crippen LogP contribution in [0.5, 0.6) is 0 Å². The molecule has 18 heavy (non-hydrogen) atoms. The van der Waals surface area contributed by atoms with Crippen LogP contribution in [0.1, 0.15) is 58.8 Å². The number of ether oxygens (including phenoxy) is 1. The Morgan fingerprint density at radius 1 is 1.44 bits per heavy atom. The first kappa shape index (κ1) is 13.4. The van der Waals surface area contributed by atoms with Crippen LogP contribution in [-0.2, 0) is 9.53 Å². The molecule has 102 valence electrons. The molecule has 1 unspecified atom stereocenters. The Morgan fingerprint density at radius 3 is 2.67 bits per heavy atom. The van der Waals surface area contributed by atoms with Crippen LogP contribution in [0.2, 0.25) is 0 Å². The average molecular weight is 252 g/mol. The molecule has 1 heterocycles. The summed E-state index contributed by atoms with van der Waals surface area (Å²) in [5.41, 5.74) is -0.434. The molecule has 1 atom stereocenters. The lowest BCUT2D eigenvalue weighted by Gasteiger charge is -2.40. The van der Waals surface area contributed by atoms with Crippen LogP contribution < -0.4 is 0 Å². The van der Waals surface area contributed by atoms with Crippen LogP contribution >= 0.6 is 0 Å². The van der Waals surface area contributed by atoms with Gasteiger partial charge < -0.3 is 9.84 Å². The third-order valence-electron chi connectivity index (χ3n) is 4.31. The van der Waals surface area contributed by atoms with Crippen LogP contribution in [0.25, 0.3) is 0 Å². The van der Waals surface area contributed by atoms with E-state index in [1.165, 1.54) is 18.9 Å². The van der Waals surface area contributed by atoms with E-state index in [9.17, 15) is 9.90 Å². The number of esters is 1. The van der Waals surface area contributed by atoms with Crippen molar-refractivity contribution in [1.82, 2.24) is 0 Å². The summed E-state index contributed by atoms with van der Waals surface area (Å²) in [7, 11) is 0. The topological polar surface area (TPSA) is 46.5 Å². The minimum atomic E-state index is -0.434.